The van der Waals surface area contributed by atoms with E-state index in [1.807, 2.05) is 26.8 Å². The zero-order chi connectivity index (χ0) is 17.3. The first-order valence-corrected chi connectivity index (χ1v) is 8.15. The quantitative estimate of drug-likeness (QED) is 0.581. The van der Waals surface area contributed by atoms with Crippen molar-refractivity contribution in [3.05, 3.63) is 23.9 Å². The molecule has 0 unspecified atom stereocenters. The van der Waals surface area contributed by atoms with E-state index in [-0.39, 0.29) is 12.7 Å². The van der Waals surface area contributed by atoms with Gasteiger partial charge in [-0.1, -0.05) is 32.3 Å². The summed E-state index contributed by atoms with van der Waals surface area (Å²) in [6.45, 7) is 8.50. The van der Waals surface area contributed by atoms with Crippen LogP contribution < -0.4 is 10.8 Å². The molecule has 0 atom stereocenters. The lowest BCUT2D eigenvalue weighted by Crippen LogP contribution is -2.38. The number of amides is 1. The fourth-order valence-electron chi connectivity index (χ4n) is 2.10. The Morgan fingerprint density at radius 3 is 2.61 bits per heavy atom. The minimum atomic E-state index is -0.545. The maximum absolute atomic E-state index is 12.5. The van der Waals surface area contributed by atoms with Crippen LogP contribution in [0.1, 0.15) is 59.1 Å². The normalized spacial score (nSPS) is 11.3. The summed E-state index contributed by atoms with van der Waals surface area (Å²) in [5, 5.41) is 0. The Labute approximate surface area is 138 Å². The fourth-order valence-corrected chi connectivity index (χ4v) is 2.10. The highest BCUT2D eigenvalue weighted by molar-refractivity contribution is 5.86. The van der Waals surface area contributed by atoms with Gasteiger partial charge in [0.25, 0.3) is 0 Å². The predicted molar refractivity (Wildman–Crippen MR) is 90.9 cm³/mol. The maximum Gasteiger partial charge on any atom is 0.416 e. The third kappa shape index (κ3) is 7.43. The van der Waals surface area contributed by atoms with Gasteiger partial charge in [-0.2, -0.15) is 0 Å². The van der Waals surface area contributed by atoms with Crippen LogP contribution in [0.25, 0.3) is 0 Å². The zero-order valence-corrected chi connectivity index (χ0v) is 14.7. The second-order valence-electron chi connectivity index (χ2n) is 6.49. The standard InChI is InChI=1S/C17H29N3O3/c1-5-6-7-8-12-20(16(21)23-17(2,3)4)15-11-9-10-14(19-15)13-22-18/h9-11H,5-8,12-13,18H2,1-4H3. The first kappa shape index (κ1) is 19.4. The molecular formula is C17H29N3O3. The van der Waals surface area contributed by atoms with Crippen molar-refractivity contribution in [2.75, 3.05) is 11.4 Å². The third-order valence-corrected chi connectivity index (χ3v) is 3.15. The Morgan fingerprint density at radius 1 is 1.26 bits per heavy atom. The summed E-state index contributed by atoms with van der Waals surface area (Å²) in [6, 6.07) is 5.44. The first-order chi connectivity index (χ1) is 10.9. The van der Waals surface area contributed by atoms with E-state index in [4.69, 9.17) is 10.6 Å². The molecule has 0 aliphatic rings. The number of carbonyl (C=O) groups excluding carboxylic acids is 1. The minimum absolute atomic E-state index is 0.200. The van der Waals surface area contributed by atoms with Gasteiger partial charge < -0.3 is 4.74 Å². The lowest BCUT2D eigenvalue weighted by atomic mass is 10.2. The predicted octanol–water partition coefficient (Wildman–Crippen LogP) is 3.79. The Kier molecular flexibility index (Phi) is 7.98. The van der Waals surface area contributed by atoms with Crippen LogP contribution in [0.3, 0.4) is 0 Å². The number of pyridine rings is 1. The topological polar surface area (TPSA) is 77.7 Å². The molecule has 0 saturated heterocycles. The van der Waals surface area contributed by atoms with E-state index in [1.54, 1.807) is 17.0 Å². The summed E-state index contributed by atoms with van der Waals surface area (Å²) >= 11 is 0. The molecule has 0 fully saturated rings. The molecule has 6 heteroatoms. The molecule has 0 aliphatic carbocycles. The molecule has 130 valence electrons. The van der Waals surface area contributed by atoms with Gasteiger partial charge in [0, 0.05) is 6.54 Å². The number of hydrogen-bond acceptors (Lipinski definition) is 5. The average molecular weight is 323 g/mol. The highest BCUT2D eigenvalue weighted by Crippen LogP contribution is 2.18. The van der Waals surface area contributed by atoms with Crippen LogP contribution in [-0.4, -0.2) is 23.2 Å². The largest absolute Gasteiger partial charge is 0.443 e. The highest BCUT2D eigenvalue weighted by atomic mass is 16.6. The van der Waals surface area contributed by atoms with E-state index >= 15 is 0 Å². The summed E-state index contributed by atoms with van der Waals surface area (Å²) in [5.41, 5.74) is 0.128. The van der Waals surface area contributed by atoms with Gasteiger partial charge >= 0.3 is 6.09 Å². The SMILES string of the molecule is CCCCCCN(C(=O)OC(C)(C)C)c1cccc(CON)n1. The van der Waals surface area contributed by atoms with Crippen LogP contribution >= 0.6 is 0 Å². The van der Waals surface area contributed by atoms with Crippen molar-refractivity contribution in [3.8, 4) is 0 Å². The lowest BCUT2D eigenvalue weighted by Gasteiger charge is -2.27. The zero-order valence-electron chi connectivity index (χ0n) is 14.7. The lowest BCUT2D eigenvalue weighted by molar-refractivity contribution is 0.0578. The van der Waals surface area contributed by atoms with Gasteiger partial charge in [0.1, 0.15) is 18.0 Å². The van der Waals surface area contributed by atoms with E-state index in [0.29, 0.717) is 18.1 Å². The molecule has 1 rings (SSSR count). The molecule has 0 aromatic carbocycles. The molecule has 1 aromatic heterocycles. The second-order valence-corrected chi connectivity index (χ2v) is 6.49. The molecule has 1 aromatic rings. The summed E-state index contributed by atoms with van der Waals surface area (Å²) < 4.78 is 5.50. The summed E-state index contributed by atoms with van der Waals surface area (Å²) in [5.74, 6) is 5.66. The number of anilines is 1. The number of unbranched alkanes of at least 4 members (excludes halogenated alkanes) is 3. The van der Waals surface area contributed by atoms with Crippen molar-refractivity contribution >= 4 is 11.9 Å². The number of nitrogens with zero attached hydrogens (tertiary/aromatic N) is 2. The molecule has 1 amide bonds. The number of aromatic nitrogens is 1. The van der Waals surface area contributed by atoms with Gasteiger partial charge in [-0.05, 0) is 39.3 Å². The molecule has 0 spiro atoms. The minimum Gasteiger partial charge on any atom is -0.443 e. The van der Waals surface area contributed by atoms with Crippen molar-refractivity contribution < 1.29 is 14.4 Å². The molecule has 0 saturated carbocycles. The molecular weight excluding hydrogens is 294 g/mol. The van der Waals surface area contributed by atoms with E-state index in [0.717, 1.165) is 25.7 Å². The van der Waals surface area contributed by atoms with E-state index in [2.05, 4.69) is 16.7 Å². The first-order valence-electron chi connectivity index (χ1n) is 8.15. The van der Waals surface area contributed by atoms with Gasteiger partial charge in [-0.25, -0.2) is 15.7 Å². The van der Waals surface area contributed by atoms with E-state index < -0.39 is 5.60 Å². The van der Waals surface area contributed by atoms with Gasteiger partial charge in [-0.15, -0.1) is 0 Å². The summed E-state index contributed by atoms with van der Waals surface area (Å²) in [7, 11) is 0. The van der Waals surface area contributed by atoms with E-state index in [1.165, 1.54) is 0 Å². The number of nitrogens with two attached hydrogens (primary N) is 1. The van der Waals surface area contributed by atoms with Crippen molar-refractivity contribution in [1.82, 2.24) is 4.98 Å². The Bertz CT molecular complexity index is 486. The Balaban J connectivity index is 2.88. The van der Waals surface area contributed by atoms with Crippen LogP contribution in [0.5, 0.6) is 0 Å². The van der Waals surface area contributed by atoms with Crippen molar-refractivity contribution in [2.45, 2.75) is 65.6 Å². The van der Waals surface area contributed by atoms with Crippen molar-refractivity contribution in [1.29, 1.82) is 0 Å². The van der Waals surface area contributed by atoms with Crippen molar-refractivity contribution in [2.24, 2.45) is 5.90 Å². The second kappa shape index (κ2) is 9.47. The van der Waals surface area contributed by atoms with Gasteiger partial charge in [0.15, 0.2) is 0 Å². The fraction of sp³-hybridized carbons (Fsp3) is 0.647. The molecule has 6 nitrogen and oxygen atoms in total. The molecule has 0 bridgehead atoms. The number of ether oxygens (including phenoxy) is 1. The number of carbonyl (C=O) groups is 1. The van der Waals surface area contributed by atoms with Crippen LogP contribution in [0, 0.1) is 0 Å². The smallest absolute Gasteiger partial charge is 0.416 e. The Morgan fingerprint density at radius 2 is 2.00 bits per heavy atom. The monoisotopic (exact) mass is 323 g/mol. The molecule has 2 N–H and O–H groups in total. The average Bonchev–Trinajstić information content (AvgIpc) is 2.46. The maximum atomic E-state index is 12.5. The van der Waals surface area contributed by atoms with Gasteiger partial charge in [0.2, 0.25) is 0 Å². The molecule has 1 heterocycles. The van der Waals surface area contributed by atoms with Crippen molar-refractivity contribution in [3.63, 3.8) is 0 Å². The molecule has 0 aliphatic heterocycles. The summed E-state index contributed by atoms with van der Waals surface area (Å²) in [4.78, 5) is 23.1. The van der Waals surface area contributed by atoms with Gasteiger partial charge in [0.05, 0.1) is 5.69 Å². The number of hydrogen-bond donors (Lipinski definition) is 1. The summed E-state index contributed by atoms with van der Waals surface area (Å²) in [6.07, 6.45) is 3.89. The van der Waals surface area contributed by atoms with Gasteiger partial charge in [-0.3, -0.25) is 9.74 Å². The van der Waals surface area contributed by atoms with E-state index in [9.17, 15) is 4.79 Å². The third-order valence-electron chi connectivity index (χ3n) is 3.15. The van der Waals surface area contributed by atoms with Crippen LogP contribution in [-0.2, 0) is 16.2 Å². The van der Waals surface area contributed by atoms with Crippen LogP contribution in [0.4, 0.5) is 10.6 Å². The Hall–Kier alpha value is -1.66. The molecule has 0 radical (unpaired) electrons. The van der Waals surface area contributed by atoms with Crippen LogP contribution in [0.15, 0.2) is 18.2 Å². The number of rotatable bonds is 8. The highest BCUT2D eigenvalue weighted by Gasteiger charge is 2.24. The van der Waals surface area contributed by atoms with Crippen LogP contribution in [0.2, 0.25) is 0 Å². The molecule has 23 heavy (non-hydrogen) atoms.